The molecule has 29 heavy (non-hydrogen) atoms. The molecular weight excluding hydrogens is 405 g/mol. The molecule has 0 radical (unpaired) electrons. The van der Waals surface area contributed by atoms with Gasteiger partial charge in [-0.15, -0.1) is 0 Å². The fourth-order valence-electron chi connectivity index (χ4n) is 3.91. The minimum Gasteiger partial charge on any atom is -0.311 e. The van der Waals surface area contributed by atoms with Crippen LogP contribution in [-0.2, 0) is 33.8 Å². The number of anilines is 1. The van der Waals surface area contributed by atoms with E-state index in [1.807, 2.05) is 24.3 Å². The Morgan fingerprint density at radius 2 is 1.55 bits per heavy atom. The lowest BCUT2D eigenvalue weighted by atomic mass is 10.1. The van der Waals surface area contributed by atoms with Crippen molar-refractivity contribution in [3.63, 3.8) is 0 Å². The van der Waals surface area contributed by atoms with E-state index >= 15 is 0 Å². The first-order valence-corrected chi connectivity index (χ1v) is 10.8. The molecule has 1 unspecified atom stereocenters. The zero-order chi connectivity index (χ0) is 20.8. The maximum atomic E-state index is 12.8. The topological polar surface area (TPSA) is 66.5 Å². The summed E-state index contributed by atoms with van der Waals surface area (Å²) in [5.41, 5.74) is 1.50. The van der Waals surface area contributed by atoms with Crippen LogP contribution in [0.25, 0.3) is 0 Å². The van der Waals surface area contributed by atoms with Gasteiger partial charge in [-0.2, -0.15) is 13.2 Å². The lowest BCUT2D eigenvalue weighted by Gasteiger charge is -2.19. The third-order valence-electron chi connectivity index (χ3n) is 5.47. The predicted octanol–water partition coefficient (Wildman–Crippen LogP) is 2.90. The van der Waals surface area contributed by atoms with Crippen molar-refractivity contribution in [1.29, 1.82) is 0 Å². The lowest BCUT2D eigenvalue weighted by molar-refractivity contribution is -0.137. The Kier molecular flexibility index (Phi) is 4.90. The van der Waals surface area contributed by atoms with E-state index in [0.29, 0.717) is 18.5 Å². The molecule has 2 aromatic carbocycles. The molecule has 9 heteroatoms. The number of carbonyl (C=O) groups is 1. The number of alkyl halides is 3. The third-order valence-corrected chi connectivity index (χ3v) is 7.29. The summed E-state index contributed by atoms with van der Waals surface area (Å²) in [6, 6.07) is 10.9. The zero-order valence-corrected chi connectivity index (χ0v) is 16.1. The fraction of sp³-hybridized carbons (Fsp3) is 0.350. The second-order valence-corrected chi connectivity index (χ2v) is 9.33. The zero-order valence-electron chi connectivity index (χ0n) is 15.3. The Hall–Kier alpha value is -2.39. The molecule has 2 aromatic rings. The highest BCUT2D eigenvalue weighted by molar-refractivity contribution is 7.90. The SMILES string of the molecule is O=C1C(NS(=O)(=O)C2Cc3ccccc3C2)CCN1c1ccc(C(F)(F)F)cc1. The highest BCUT2D eigenvalue weighted by Gasteiger charge is 2.39. The van der Waals surface area contributed by atoms with Crippen LogP contribution in [-0.4, -0.2) is 32.2 Å². The van der Waals surface area contributed by atoms with E-state index in [1.54, 1.807) is 0 Å². The number of nitrogens with zero attached hydrogens (tertiary/aromatic N) is 1. The van der Waals surface area contributed by atoms with Crippen molar-refractivity contribution in [3.8, 4) is 0 Å². The van der Waals surface area contributed by atoms with Crippen LogP contribution in [0, 0.1) is 0 Å². The molecule has 4 rings (SSSR count). The first kappa shape index (κ1) is 19.9. The van der Waals surface area contributed by atoms with Gasteiger partial charge < -0.3 is 4.90 Å². The summed E-state index contributed by atoms with van der Waals surface area (Å²) < 4.78 is 66.2. The fourth-order valence-corrected chi connectivity index (χ4v) is 5.51. The van der Waals surface area contributed by atoms with E-state index in [-0.39, 0.29) is 13.0 Å². The van der Waals surface area contributed by atoms with Crippen LogP contribution in [0.1, 0.15) is 23.1 Å². The van der Waals surface area contributed by atoms with Crippen LogP contribution in [0.3, 0.4) is 0 Å². The minimum atomic E-state index is -4.45. The van der Waals surface area contributed by atoms with Gasteiger partial charge >= 0.3 is 6.18 Å². The molecule has 1 aliphatic carbocycles. The Bertz CT molecular complexity index is 1010. The summed E-state index contributed by atoms with van der Waals surface area (Å²) in [6.45, 7) is 0.238. The number of benzene rings is 2. The molecule has 1 heterocycles. The molecule has 2 aliphatic rings. The molecule has 0 aromatic heterocycles. The van der Waals surface area contributed by atoms with Crippen LogP contribution >= 0.6 is 0 Å². The average molecular weight is 424 g/mol. The monoisotopic (exact) mass is 424 g/mol. The van der Waals surface area contributed by atoms with Crippen molar-refractivity contribution in [3.05, 3.63) is 65.2 Å². The predicted molar refractivity (Wildman–Crippen MR) is 102 cm³/mol. The van der Waals surface area contributed by atoms with Crippen molar-refractivity contribution in [1.82, 2.24) is 4.72 Å². The number of hydrogen-bond acceptors (Lipinski definition) is 3. The van der Waals surface area contributed by atoms with E-state index in [2.05, 4.69) is 4.72 Å². The van der Waals surface area contributed by atoms with Gasteiger partial charge in [0, 0.05) is 12.2 Å². The molecule has 0 bridgehead atoms. The molecule has 1 amide bonds. The minimum absolute atomic E-state index is 0.238. The van der Waals surface area contributed by atoms with Gasteiger partial charge in [0.1, 0.15) is 6.04 Å². The highest BCUT2D eigenvalue weighted by Crippen LogP contribution is 2.32. The molecule has 0 saturated carbocycles. The Labute approximate surface area is 166 Å². The smallest absolute Gasteiger partial charge is 0.311 e. The number of sulfonamides is 1. The van der Waals surface area contributed by atoms with Gasteiger partial charge in [-0.1, -0.05) is 24.3 Å². The van der Waals surface area contributed by atoms with Crippen LogP contribution in [0.5, 0.6) is 0 Å². The van der Waals surface area contributed by atoms with Gasteiger partial charge in [0.2, 0.25) is 15.9 Å². The van der Waals surface area contributed by atoms with E-state index < -0.39 is 39.0 Å². The van der Waals surface area contributed by atoms with Crippen LogP contribution in [0.15, 0.2) is 48.5 Å². The summed E-state index contributed by atoms with van der Waals surface area (Å²) in [7, 11) is -3.72. The Morgan fingerprint density at radius 3 is 2.10 bits per heavy atom. The quantitative estimate of drug-likeness (QED) is 0.821. The first-order chi connectivity index (χ1) is 13.6. The van der Waals surface area contributed by atoms with E-state index in [9.17, 15) is 26.4 Å². The number of fused-ring (bicyclic) bond motifs is 1. The number of hydrogen-bond donors (Lipinski definition) is 1. The highest BCUT2D eigenvalue weighted by atomic mass is 32.2. The third kappa shape index (κ3) is 3.89. The number of halogens is 3. The molecule has 154 valence electrons. The molecular formula is C20H19F3N2O3S. The largest absolute Gasteiger partial charge is 0.416 e. The van der Waals surface area contributed by atoms with Gasteiger partial charge in [-0.3, -0.25) is 4.79 Å². The summed E-state index contributed by atoms with van der Waals surface area (Å²) in [4.78, 5) is 14.0. The van der Waals surface area contributed by atoms with Gasteiger partial charge in [0.05, 0.1) is 10.8 Å². The van der Waals surface area contributed by atoms with Crippen molar-refractivity contribution >= 4 is 21.6 Å². The Morgan fingerprint density at radius 1 is 0.966 bits per heavy atom. The van der Waals surface area contributed by atoms with Crippen molar-refractivity contribution in [2.75, 3.05) is 11.4 Å². The van der Waals surface area contributed by atoms with Gasteiger partial charge in [0.15, 0.2) is 0 Å². The van der Waals surface area contributed by atoms with Gasteiger partial charge in [0.25, 0.3) is 0 Å². The van der Waals surface area contributed by atoms with Crippen LogP contribution in [0.2, 0.25) is 0 Å². The van der Waals surface area contributed by atoms with Crippen molar-refractivity contribution in [2.45, 2.75) is 36.7 Å². The maximum absolute atomic E-state index is 12.8. The van der Waals surface area contributed by atoms with E-state index in [0.717, 1.165) is 23.3 Å². The first-order valence-electron chi connectivity index (χ1n) is 9.22. The standard InChI is InChI=1S/C20H19F3N2O3S/c21-20(22,23)15-5-7-16(8-6-15)25-10-9-18(19(25)26)24-29(27,28)17-11-13-3-1-2-4-14(13)12-17/h1-8,17-18,24H,9-12H2. The summed E-state index contributed by atoms with van der Waals surface area (Å²) >= 11 is 0. The van der Waals surface area contributed by atoms with E-state index in [4.69, 9.17) is 0 Å². The summed E-state index contributed by atoms with van der Waals surface area (Å²) in [5, 5.41) is -0.632. The van der Waals surface area contributed by atoms with E-state index in [1.165, 1.54) is 17.0 Å². The number of carbonyl (C=O) groups excluding carboxylic acids is 1. The molecule has 1 fully saturated rings. The Balaban J connectivity index is 1.44. The maximum Gasteiger partial charge on any atom is 0.416 e. The number of amides is 1. The second-order valence-electron chi connectivity index (χ2n) is 7.34. The second kappa shape index (κ2) is 7.14. The molecule has 1 aliphatic heterocycles. The summed E-state index contributed by atoms with van der Waals surface area (Å²) in [6.07, 6.45) is -3.40. The van der Waals surface area contributed by atoms with Crippen molar-refractivity contribution < 1.29 is 26.4 Å². The number of rotatable bonds is 4. The molecule has 1 atom stereocenters. The normalized spacial score (nSPS) is 20.3. The molecule has 1 saturated heterocycles. The molecule has 1 N–H and O–H groups in total. The average Bonchev–Trinajstić information content (AvgIpc) is 3.26. The lowest BCUT2D eigenvalue weighted by Crippen LogP contribution is -2.45. The molecule has 5 nitrogen and oxygen atoms in total. The van der Waals surface area contributed by atoms with Gasteiger partial charge in [-0.05, 0) is 54.7 Å². The van der Waals surface area contributed by atoms with Crippen molar-refractivity contribution in [2.24, 2.45) is 0 Å². The van der Waals surface area contributed by atoms with Crippen LogP contribution in [0.4, 0.5) is 18.9 Å². The number of nitrogens with one attached hydrogen (secondary N) is 1. The summed E-state index contributed by atoms with van der Waals surface area (Å²) in [5.74, 6) is -0.455. The molecule has 0 spiro atoms. The van der Waals surface area contributed by atoms with Gasteiger partial charge in [-0.25, -0.2) is 13.1 Å². The van der Waals surface area contributed by atoms with Crippen LogP contribution < -0.4 is 9.62 Å².